The number of likely N-dealkylation sites (N-methyl/N-ethyl adjacent to an activating group) is 1. The van der Waals surface area contributed by atoms with Gasteiger partial charge in [-0.15, -0.1) is 11.8 Å². The molecule has 4 nitrogen and oxygen atoms in total. The summed E-state index contributed by atoms with van der Waals surface area (Å²) in [4.78, 5) is 26.1. The van der Waals surface area contributed by atoms with E-state index in [2.05, 4.69) is 5.32 Å². The molecule has 0 heterocycles. The van der Waals surface area contributed by atoms with E-state index in [4.69, 9.17) is 0 Å². The number of benzene rings is 2. The molecular formula is C19H21FN2O2S. The van der Waals surface area contributed by atoms with Gasteiger partial charge in [-0.25, -0.2) is 4.39 Å². The number of hydrogen-bond acceptors (Lipinski definition) is 3. The number of halogens is 1. The largest absolute Gasteiger partial charge is 0.336 e. The third-order valence-electron chi connectivity index (χ3n) is 3.74. The molecule has 0 atom stereocenters. The second kappa shape index (κ2) is 8.67. The highest BCUT2D eigenvalue weighted by Gasteiger charge is 2.15. The Kier molecular flexibility index (Phi) is 6.58. The first kappa shape index (κ1) is 19.0. The van der Waals surface area contributed by atoms with Crippen molar-refractivity contribution in [3.8, 4) is 0 Å². The first-order valence-corrected chi connectivity index (χ1v) is 8.84. The van der Waals surface area contributed by atoms with E-state index in [9.17, 15) is 14.0 Å². The number of anilines is 1. The highest BCUT2D eigenvalue weighted by Crippen LogP contribution is 2.21. The van der Waals surface area contributed by atoms with Gasteiger partial charge in [0.25, 0.3) is 0 Å². The van der Waals surface area contributed by atoms with Gasteiger partial charge in [-0.05, 0) is 37.1 Å². The fraction of sp³-hybridized carbons (Fsp3) is 0.263. The number of carbonyl (C=O) groups is 2. The summed E-state index contributed by atoms with van der Waals surface area (Å²) in [5.74, 6) is -0.765. The Hall–Kier alpha value is -2.34. The lowest BCUT2D eigenvalue weighted by atomic mass is 10.1. The number of nitrogens with zero attached hydrogens (tertiary/aromatic N) is 1. The van der Waals surface area contributed by atoms with Crippen molar-refractivity contribution in [3.05, 3.63) is 59.4 Å². The van der Waals surface area contributed by atoms with Gasteiger partial charge in [0.15, 0.2) is 0 Å². The van der Waals surface area contributed by atoms with Gasteiger partial charge in [0.1, 0.15) is 5.82 Å². The molecule has 1 N–H and O–H groups in total. The Morgan fingerprint density at radius 2 is 1.72 bits per heavy atom. The van der Waals surface area contributed by atoms with Gasteiger partial charge in [0, 0.05) is 17.6 Å². The molecule has 0 saturated heterocycles. The van der Waals surface area contributed by atoms with E-state index in [-0.39, 0.29) is 29.9 Å². The molecule has 2 amide bonds. The zero-order valence-electron chi connectivity index (χ0n) is 14.5. The van der Waals surface area contributed by atoms with Gasteiger partial charge < -0.3 is 10.2 Å². The Bertz CT molecular complexity index is 760. The average Bonchev–Trinajstić information content (AvgIpc) is 2.57. The summed E-state index contributed by atoms with van der Waals surface area (Å²) in [6.07, 6.45) is 0. The van der Waals surface area contributed by atoms with Gasteiger partial charge in [0.05, 0.1) is 12.3 Å². The van der Waals surface area contributed by atoms with Crippen LogP contribution >= 0.6 is 11.8 Å². The lowest BCUT2D eigenvalue weighted by Crippen LogP contribution is -2.36. The molecule has 0 aliphatic rings. The fourth-order valence-corrected chi connectivity index (χ4v) is 3.19. The van der Waals surface area contributed by atoms with Gasteiger partial charge in [-0.1, -0.05) is 30.3 Å². The molecule has 0 fully saturated rings. The molecule has 25 heavy (non-hydrogen) atoms. The summed E-state index contributed by atoms with van der Waals surface area (Å²) in [5, 5.41) is 2.85. The molecule has 2 rings (SSSR count). The number of hydrogen-bond donors (Lipinski definition) is 1. The van der Waals surface area contributed by atoms with Crippen LogP contribution in [0, 0.1) is 19.7 Å². The van der Waals surface area contributed by atoms with Crippen molar-refractivity contribution in [3.63, 3.8) is 0 Å². The highest BCUT2D eigenvalue weighted by atomic mass is 32.2. The summed E-state index contributed by atoms with van der Waals surface area (Å²) in [6.45, 7) is 3.79. The zero-order chi connectivity index (χ0) is 18.4. The van der Waals surface area contributed by atoms with Gasteiger partial charge in [-0.2, -0.15) is 0 Å². The van der Waals surface area contributed by atoms with E-state index in [0.29, 0.717) is 4.90 Å². The molecule has 0 aliphatic carbocycles. The Balaban J connectivity index is 1.88. The van der Waals surface area contributed by atoms with Crippen LogP contribution in [-0.4, -0.2) is 36.1 Å². The monoisotopic (exact) mass is 360 g/mol. The molecule has 0 saturated carbocycles. The fourth-order valence-electron chi connectivity index (χ4n) is 2.31. The number of para-hydroxylation sites is 1. The molecule has 0 aromatic heterocycles. The van der Waals surface area contributed by atoms with E-state index in [1.54, 1.807) is 25.2 Å². The Morgan fingerprint density at radius 1 is 1.08 bits per heavy atom. The zero-order valence-corrected chi connectivity index (χ0v) is 15.3. The first-order valence-electron chi connectivity index (χ1n) is 7.86. The number of carbonyl (C=O) groups excluding carboxylic acids is 2. The van der Waals surface area contributed by atoms with Crippen molar-refractivity contribution in [1.82, 2.24) is 4.90 Å². The SMILES string of the molecule is Cc1cccc(C)c1NC(=O)CN(C)C(=O)CSc1ccccc1F. The highest BCUT2D eigenvalue weighted by molar-refractivity contribution is 8.00. The molecule has 0 spiro atoms. The van der Waals surface area contributed by atoms with Crippen LogP contribution < -0.4 is 5.32 Å². The maximum absolute atomic E-state index is 13.6. The van der Waals surface area contributed by atoms with Gasteiger partial charge in [0.2, 0.25) is 11.8 Å². The quantitative estimate of drug-likeness (QED) is 0.801. The van der Waals surface area contributed by atoms with Crippen LogP contribution in [0.3, 0.4) is 0 Å². The molecule has 132 valence electrons. The normalized spacial score (nSPS) is 10.4. The van der Waals surface area contributed by atoms with Crippen LogP contribution in [-0.2, 0) is 9.59 Å². The minimum atomic E-state index is -0.351. The van der Waals surface area contributed by atoms with Crippen molar-refractivity contribution in [2.45, 2.75) is 18.7 Å². The molecule has 2 aromatic rings. The average molecular weight is 360 g/mol. The minimum absolute atomic E-state index is 0.0512. The maximum Gasteiger partial charge on any atom is 0.243 e. The third-order valence-corrected chi connectivity index (χ3v) is 4.77. The van der Waals surface area contributed by atoms with Crippen molar-refractivity contribution in [2.75, 3.05) is 24.7 Å². The lowest BCUT2D eigenvalue weighted by Gasteiger charge is -2.18. The number of thioether (sulfide) groups is 1. The van der Waals surface area contributed by atoms with E-state index < -0.39 is 0 Å². The summed E-state index contributed by atoms with van der Waals surface area (Å²) in [5.41, 5.74) is 2.71. The van der Waals surface area contributed by atoms with Crippen LogP contribution in [0.15, 0.2) is 47.4 Å². The molecule has 0 aliphatic heterocycles. The molecule has 6 heteroatoms. The van der Waals surface area contributed by atoms with Crippen LogP contribution in [0.2, 0.25) is 0 Å². The van der Waals surface area contributed by atoms with Crippen LogP contribution in [0.5, 0.6) is 0 Å². The Labute approximate surface area is 151 Å². The number of aryl methyl sites for hydroxylation is 2. The smallest absolute Gasteiger partial charge is 0.243 e. The molecule has 0 bridgehead atoms. The standard InChI is InChI=1S/C19H21FN2O2S/c1-13-7-6-8-14(2)19(13)21-17(23)11-22(3)18(24)12-25-16-10-5-4-9-15(16)20/h4-10H,11-12H2,1-3H3,(H,21,23). The van der Waals surface area contributed by atoms with Gasteiger partial charge in [-0.3, -0.25) is 9.59 Å². The predicted molar refractivity (Wildman–Crippen MR) is 99.3 cm³/mol. The molecular weight excluding hydrogens is 339 g/mol. The van der Waals surface area contributed by atoms with Crippen LogP contribution in [0.25, 0.3) is 0 Å². The van der Waals surface area contributed by atoms with Gasteiger partial charge >= 0.3 is 0 Å². The van der Waals surface area contributed by atoms with E-state index >= 15 is 0 Å². The predicted octanol–water partition coefficient (Wildman–Crippen LogP) is 3.63. The first-order chi connectivity index (χ1) is 11.9. The van der Waals surface area contributed by atoms with Crippen molar-refractivity contribution in [1.29, 1.82) is 0 Å². The van der Waals surface area contributed by atoms with Crippen LogP contribution in [0.4, 0.5) is 10.1 Å². The third kappa shape index (κ3) is 5.32. The number of amides is 2. The second-order valence-corrected chi connectivity index (χ2v) is 6.80. The topological polar surface area (TPSA) is 49.4 Å². The number of nitrogens with one attached hydrogen (secondary N) is 1. The van der Waals surface area contributed by atoms with Crippen LogP contribution in [0.1, 0.15) is 11.1 Å². The van der Waals surface area contributed by atoms with E-state index in [0.717, 1.165) is 28.6 Å². The van der Waals surface area contributed by atoms with Crippen molar-refractivity contribution < 1.29 is 14.0 Å². The van der Waals surface area contributed by atoms with Crippen molar-refractivity contribution >= 4 is 29.3 Å². The van der Waals surface area contributed by atoms with E-state index in [1.807, 2.05) is 32.0 Å². The molecule has 2 aromatic carbocycles. The maximum atomic E-state index is 13.6. The second-order valence-electron chi connectivity index (χ2n) is 5.78. The molecule has 0 radical (unpaired) electrons. The minimum Gasteiger partial charge on any atom is -0.336 e. The summed E-state index contributed by atoms with van der Waals surface area (Å²) in [6, 6.07) is 12.1. The lowest BCUT2D eigenvalue weighted by molar-refractivity contribution is -0.131. The summed E-state index contributed by atoms with van der Waals surface area (Å²) >= 11 is 1.12. The summed E-state index contributed by atoms with van der Waals surface area (Å²) in [7, 11) is 1.56. The van der Waals surface area contributed by atoms with E-state index in [1.165, 1.54) is 11.0 Å². The molecule has 0 unspecified atom stereocenters. The number of rotatable bonds is 6. The van der Waals surface area contributed by atoms with Crippen molar-refractivity contribution in [2.24, 2.45) is 0 Å². The Morgan fingerprint density at radius 3 is 2.36 bits per heavy atom. The summed E-state index contributed by atoms with van der Waals surface area (Å²) < 4.78 is 13.6.